The van der Waals surface area contributed by atoms with Crippen molar-refractivity contribution in [1.29, 1.82) is 10.5 Å². The molecule has 1 aliphatic heterocycles. The van der Waals surface area contributed by atoms with Crippen LogP contribution >= 0.6 is 0 Å². The first-order valence-corrected chi connectivity index (χ1v) is 10.4. The molecule has 1 unspecified atom stereocenters. The van der Waals surface area contributed by atoms with Crippen LogP contribution in [0.4, 0.5) is 20.7 Å². The van der Waals surface area contributed by atoms with Gasteiger partial charge in [0.25, 0.3) is 5.91 Å². The van der Waals surface area contributed by atoms with E-state index in [-0.39, 0.29) is 36.7 Å². The van der Waals surface area contributed by atoms with Crippen LogP contribution in [-0.4, -0.2) is 43.9 Å². The van der Waals surface area contributed by atoms with Gasteiger partial charge in [0, 0.05) is 18.4 Å². The lowest BCUT2D eigenvalue weighted by atomic mass is 9.71. The maximum Gasteiger partial charge on any atom is 0.408 e. The average Bonchev–Trinajstić information content (AvgIpc) is 3.18. The first-order valence-electron chi connectivity index (χ1n) is 10.4. The number of primary amides is 1. The van der Waals surface area contributed by atoms with E-state index >= 15 is 0 Å². The number of carboxylic acid groups (broad SMARTS) is 1. The average molecular weight is 453 g/mol. The lowest BCUT2D eigenvalue weighted by molar-refractivity contribution is 0.0187. The first-order chi connectivity index (χ1) is 15.6. The van der Waals surface area contributed by atoms with E-state index < -0.39 is 35.3 Å². The summed E-state index contributed by atoms with van der Waals surface area (Å²) in [7, 11) is 0. The molecule has 1 fully saturated rings. The van der Waals surface area contributed by atoms with E-state index in [1.807, 2.05) is 13.8 Å². The molecule has 0 aliphatic carbocycles. The highest BCUT2D eigenvalue weighted by Gasteiger charge is 2.54. The standard InChI is InChI=1S/C22H24FN7O3/c1-13(2)9-22(12-25)17(10-24)18(7-8-29(22)21(32)33)30-11-16(19(26)31)20(28-30)27-15-5-3-14(23)4-6-15/h3-6,11,13,17-18H,7-9H2,1-2H3,(H2,26,31)(H,27,28)(H,32,33)/t17-,18-,22?/m0/s1. The van der Waals surface area contributed by atoms with E-state index in [0.717, 1.165) is 4.90 Å². The van der Waals surface area contributed by atoms with Crippen molar-refractivity contribution in [3.8, 4) is 12.1 Å². The van der Waals surface area contributed by atoms with Gasteiger partial charge in [0.05, 0.1) is 18.2 Å². The lowest BCUT2D eigenvalue weighted by Gasteiger charge is -2.47. The van der Waals surface area contributed by atoms with Gasteiger partial charge in [-0.2, -0.15) is 15.6 Å². The molecule has 10 nitrogen and oxygen atoms in total. The quantitative estimate of drug-likeness (QED) is 0.605. The molecular weight excluding hydrogens is 429 g/mol. The van der Waals surface area contributed by atoms with Crippen LogP contribution < -0.4 is 11.1 Å². The van der Waals surface area contributed by atoms with Crippen molar-refractivity contribution in [2.45, 2.75) is 38.3 Å². The molecule has 11 heteroatoms. The Balaban J connectivity index is 2.05. The molecule has 4 N–H and O–H groups in total. The van der Waals surface area contributed by atoms with Crippen LogP contribution in [0.15, 0.2) is 30.5 Å². The van der Waals surface area contributed by atoms with Crippen LogP contribution in [-0.2, 0) is 0 Å². The second-order valence-corrected chi connectivity index (χ2v) is 8.40. The monoisotopic (exact) mass is 453 g/mol. The number of carbonyl (C=O) groups excluding carboxylic acids is 1. The van der Waals surface area contributed by atoms with E-state index in [0.29, 0.717) is 5.69 Å². The van der Waals surface area contributed by atoms with Crippen molar-refractivity contribution in [2.75, 3.05) is 11.9 Å². The van der Waals surface area contributed by atoms with Gasteiger partial charge >= 0.3 is 6.09 Å². The van der Waals surface area contributed by atoms with E-state index in [1.165, 1.54) is 35.1 Å². The Morgan fingerprint density at radius 3 is 2.55 bits per heavy atom. The van der Waals surface area contributed by atoms with Crippen LogP contribution in [0.1, 0.15) is 43.1 Å². The number of hydrogen-bond donors (Lipinski definition) is 3. The molecule has 3 atom stereocenters. The van der Waals surface area contributed by atoms with Crippen LogP contribution in [0.25, 0.3) is 0 Å². The number of halogens is 1. The summed E-state index contributed by atoms with van der Waals surface area (Å²) in [6, 6.07) is 8.97. The summed E-state index contributed by atoms with van der Waals surface area (Å²) in [6.07, 6.45) is 0.488. The van der Waals surface area contributed by atoms with Gasteiger partial charge in [-0.15, -0.1) is 0 Å². The molecule has 0 bridgehead atoms. The molecule has 1 aromatic carbocycles. The van der Waals surface area contributed by atoms with Gasteiger partial charge in [0.2, 0.25) is 0 Å². The summed E-state index contributed by atoms with van der Waals surface area (Å²) >= 11 is 0. The minimum Gasteiger partial charge on any atom is -0.465 e. The molecule has 2 amide bonds. The molecule has 3 rings (SSSR count). The lowest BCUT2D eigenvalue weighted by Crippen LogP contribution is -2.61. The molecule has 1 saturated heterocycles. The third kappa shape index (κ3) is 4.44. The normalized spacial score (nSPS) is 22.4. The van der Waals surface area contributed by atoms with Crippen molar-refractivity contribution in [3.63, 3.8) is 0 Å². The maximum absolute atomic E-state index is 13.2. The zero-order valence-electron chi connectivity index (χ0n) is 18.2. The molecular formula is C22H24FN7O3. The Bertz CT molecular complexity index is 1130. The summed E-state index contributed by atoms with van der Waals surface area (Å²) in [5.74, 6) is -2.19. The number of anilines is 2. The fourth-order valence-electron chi connectivity index (χ4n) is 4.40. The summed E-state index contributed by atoms with van der Waals surface area (Å²) in [6.45, 7) is 3.72. The molecule has 2 heterocycles. The van der Waals surface area contributed by atoms with Gasteiger partial charge in [-0.25, -0.2) is 9.18 Å². The number of amides is 2. The SMILES string of the molecule is CC(C)CC1(C#N)[C@@H](C#N)[C@@H](n2cc(C(N)=O)c(Nc3ccc(F)cc3)n2)CCN1C(=O)O. The number of nitriles is 2. The molecule has 33 heavy (non-hydrogen) atoms. The van der Waals surface area contributed by atoms with Gasteiger partial charge in [-0.1, -0.05) is 13.8 Å². The number of carbonyl (C=O) groups is 2. The third-order valence-electron chi connectivity index (χ3n) is 5.76. The summed E-state index contributed by atoms with van der Waals surface area (Å²) in [5, 5.41) is 37.2. The Morgan fingerprint density at radius 1 is 1.36 bits per heavy atom. The van der Waals surface area contributed by atoms with Gasteiger partial charge in [-0.05, 0) is 43.0 Å². The van der Waals surface area contributed by atoms with Crippen LogP contribution in [0, 0.1) is 40.3 Å². The molecule has 0 radical (unpaired) electrons. The van der Waals surface area contributed by atoms with Crippen molar-refractivity contribution in [2.24, 2.45) is 17.6 Å². The summed E-state index contributed by atoms with van der Waals surface area (Å²) < 4.78 is 14.6. The van der Waals surface area contributed by atoms with E-state index in [4.69, 9.17) is 5.73 Å². The summed E-state index contributed by atoms with van der Waals surface area (Å²) in [5.41, 5.74) is 4.44. The fourth-order valence-corrected chi connectivity index (χ4v) is 4.40. The Hall–Kier alpha value is -4.12. The maximum atomic E-state index is 13.2. The van der Waals surface area contributed by atoms with E-state index in [2.05, 4.69) is 22.6 Å². The molecule has 0 spiro atoms. The number of rotatable bonds is 6. The Labute approximate surface area is 190 Å². The number of piperidine rings is 1. The molecule has 0 saturated carbocycles. The van der Waals surface area contributed by atoms with Gasteiger partial charge in [-0.3, -0.25) is 14.4 Å². The number of likely N-dealkylation sites (tertiary alicyclic amines) is 1. The van der Waals surface area contributed by atoms with Crippen LogP contribution in [0.3, 0.4) is 0 Å². The summed E-state index contributed by atoms with van der Waals surface area (Å²) in [4.78, 5) is 25.0. The molecule has 172 valence electrons. The molecule has 1 aromatic heterocycles. The zero-order chi connectivity index (χ0) is 24.3. The minimum absolute atomic E-state index is 0.0188. The predicted molar refractivity (Wildman–Crippen MR) is 116 cm³/mol. The van der Waals surface area contributed by atoms with Crippen molar-refractivity contribution in [1.82, 2.24) is 14.7 Å². The number of hydrogen-bond acceptors (Lipinski definition) is 6. The third-order valence-corrected chi connectivity index (χ3v) is 5.76. The van der Waals surface area contributed by atoms with E-state index in [1.54, 1.807) is 0 Å². The van der Waals surface area contributed by atoms with Crippen molar-refractivity contribution >= 4 is 23.5 Å². The van der Waals surface area contributed by atoms with Gasteiger partial charge in [0.1, 0.15) is 17.3 Å². The molecule has 2 aromatic rings. The highest BCUT2D eigenvalue weighted by Crippen LogP contribution is 2.44. The Morgan fingerprint density at radius 2 is 2.03 bits per heavy atom. The van der Waals surface area contributed by atoms with Crippen LogP contribution in [0.5, 0.6) is 0 Å². The number of nitrogens with two attached hydrogens (primary N) is 1. The van der Waals surface area contributed by atoms with Gasteiger partial charge in [0.15, 0.2) is 11.4 Å². The highest BCUT2D eigenvalue weighted by molar-refractivity contribution is 5.98. The topological polar surface area (TPSA) is 161 Å². The second kappa shape index (κ2) is 9.17. The fraction of sp³-hybridized carbons (Fsp3) is 0.409. The number of nitrogens with one attached hydrogen (secondary N) is 1. The predicted octanol–water partition coefficient (Wildman–Crippen LogP) is 3.24. The number of benzene rings is 1. The Kier molecular flexibility index (Phi) is 6.54. The second-order valence-electron chi connectivity index (χ2n) is 8.40. The highest BCUT2D eigenvalue weighted by atomic mass is 19.1. The van der Waals surface area contributed by atoms with Crippen LogP contribution in [0.2, 0.25) is 0 Å². The zero-order valence-corrected chi connectivity index (χ0v) is 18.2. The first kappa shape index (κ1) is 23.5. The van der Waals surface area contributed by atoms with Crippen molar-refractivity contribution in [3.05, 3.63) is 41.8 Å². The minimum atomic E-state index is -1.58. The number of aromatic nitrogens is 2. The van der Waals surface area contributed by atoms with Gasteiger partial charge < -0.3 is 16.2 Å². The smallest absolute Gasteiger partial charge is 0.408 e. The molecule has 1 aliphatic rings. The largest absolute Gasteiger partial charge is 0.465 e. The number of nitrogens with zero attached hydrogens (tertiary/aromatic N) is 5. The van der Waals surface area contributed by atoms with E-state index in [9.17, 15) is 29.6 Å². The van der Waals surface area contributed by atoms with Crippen molar-refractivity contribution < 1.29 is 19.1 Å².